The molecule has 1 atom stereocenters. The molecule has 3 N–H and O–H groups in total. The molecule has 0 saturated carbocycles. The van der Waals surface area contributed by atoms with Crippen LogP contribution < -0.4 is 11.1 Å². The van der Waals surface area contributed by atoms with Crippen LogP contribution in [0.4, 0.5) is 5.82 Å². The lowest BCUT2D eigenvalue weighted by Crippen LogP contribution is -2.34. The molecule has 16 heavy (non-hydrogen) atoms. The highest BCUT2D eigenvalue weighted by atomic mass is 15.2. The zero-order chi connectivity index (χ0) is 11.5. The lowest BCUT2D eigenvalue weighted by atomic mass is 10.1. The molecule has 0 fully saturated rings. The van der Waals surface area contributed by atoms with Gasteiger partial charge in [-0.2, -0.15) is 0 Å². The first-order valence-corrected chi connectivity index (χ1v) is 5.33. The highest BCUT2D eigenvalue weighted by molar-refractivity contribution is 5.61. The molecule has 0 aliphatic rings. The van der Waals surface area contributed by atoms with Crippen molar-refractivity contribution in [2.45, 2.75) is 19.9 Å². The predicted molar refractivity (Wildman–Crippen MR) is 62.1 cm³/mol. The first kappa shape index (κ1) is 10.8. The zero-order valence-electron chi connectivity index (χ0n) is 9.46. The Balaban J connectivity index is 2.29. The van der Waals surface area contributed by atoms with E-state index in [0.717, 1.165) is 11.5 Å². The van der Waals surface area contributed by atoms with Gasteiger partial charge in [-0.1, -0.05) is 13.8 Å². The van der Waals surface area contributed by atoms with Crippen LogP contribution in [0.5, 0.6) is 0 Å². The van der Waals surface area contributed by atoms with E-state index in [9.17, 15) is 0 Å². The normalized spacial score (nSPS) is 13.2. The number of aromatic nitrogens is 4. The van der Waals surface area contributed by atoms with Crippen molar-refractivity contribution < 1.29 is 0 Å². The summed E-state index contributed by atoms with van der Waals surface area (Å²) in [6.07, 6.45) is 5.18. The topological polar surface area (TPSA) is 81.1 Å². The average Bonchev–Trinajstić information content (AvgIpc) is 2.73. The molecule has 0 aliphatic heterocycles. The number of rotatable bonds is 4. The second-order valence-electron chi connectivity index (χ2n) is 4.07. The summed E-state index contributed by atoms with van der Waals surface area (Å²) >= 11 is 0. The number of nitrogens with one attached hydrogen (secondary N) is 1. The Morgan fingerprint density at radius 1 is 1.50 bits per heavy atom. The summed E-state index contributed by atoms with van der Waals surface area (Å²) < 4.78 is 1.82. The number of nitrogens with two attached hydrogens (primary N) is 1. The highest BCUT2D eigenvalue weighted by Gasteiger charge is 2.14. The van der Waals surface area contributed by atoms with Gasteiger partial charge in [-0.25, -0.2) is 4.98 Å². The molecule has 86 valence electrons. The summed E-state index contributed by atoms with van der Waals surface area (Å²) in [5.74, 6) is 1.17. The molecule has 2 heterocycles. The van der Waals surface area contributed by atoms with Crippen LogP contribution >= 0.6 is 0 Å². The van der Waals surface area contributed by atoms with Gasteiger partial charge in [0.1, 0.15) is 6.33 Å². The molecule has 0 aliphatic carbocycles. The minimum Gasteiger partial charge on any atom is -0.363 e. The average molecular weight is 220 g/mol. The third-order valence-electron chi connectivity index (χ3n) is 2.60. The maximum Gasteiger partial charge on any atom is 0.203 e. The third kappa shape index (κ3) is 1.96. The van der Waals surface area contributed by atoms with Gasteiger partial charge in [0.2, 0.25) is 5.65 Å². The zero-order valence-corrected chi connectivity index (χ0v) is 9.46. The lowest BCUT2D eigenvalue weighted by molar-refractivity contribution is 0.530. The maximum atomic E-state index is 5.71. The number of fused-ring (bicyclic) bond motifs is 1. The van der Waals surface area contributed by atoms with Gasteiger partial charge in [-0.05, 0) is 5.92 Å². The fourth-order valence-electron chi connectivity index (χ4n) is 1.53. The predicted octanol–water partition coefficient (Wildman–Crippen LogP) is 0.519. The number of hydrogen-bond donors (Lipinski definition) is 2. The van der Waals surface area contributed by atoms with Crippen molar-refractivity contribution in [1.29, 1.82) is 0 Å². The monoisotopic (exact) mass is 220 g/mol. The summed E-state index contributed by atoms with van der Waals surface area (Å²) in [4.78, 5) is 4.26. The van der Waals surface area contributed by atoms with Crippen LogP contribution in [0.3, 0.4) is 0 Å². The van der Waals surface area contributed by atoms with Crippen molar-refractivity contribution in [3.63, 3.8) is 0 Å². The van der Waals surface area contributed by atoms with Crippen LogP contribution in [0.1, 0.15) is 13.8 Å². The number of hydrogen-bond acceptors (Lipinski definition) is 5. The molecule has 2 aromatic heterocycles. The smallest absolute Gasteiger partial charge is 0.203 e. The molecule has 0 amide bonds. The van der Waals surface area contributed by atoms with E-state index in [1.807, 2.05) is 10.6 Å². The largest absolute Gasteiger partial charge is 0.363 e. The molecular formula is C10H16N6. The Morgan fingerprint density at radius 3 is 3.00 bits per heavy atom. The second-order valence-corrected chi connectivity index (χ2v) is 4.07. The van der Waals surface area contributed by atoms with Crippen molar-refractivity contribution in [2.24, 2.45) is 11.7 Å². The molecule has 2 aromatic rings. The van der Waals surface area contributed by atoms with E-state index in [0.29, 0.717) is 12.5 Å². The van der Waals surface area contributed by atoms with Gasteiger partial charge in [-0.3, -0.25) is 4.40 Å². The molecule has 0 aromatic carbocycles. The molecule has 6 heteroatoms. The Bertz CT molecular complexity index is 463. The first-order valence-electron chi connectivity index (χ1n) is 5.33. The van der Waals surface area contributed by atoms with Gasteiger partial charge in [0.05, 0.1) is 0 Å². The summed E-state index contributed by atoms with van der Waals surface area (Å²) in [5.41, 5.74) is 6.43. The molecule has 0 spiro atoms. The van der Waals surface area contributed by atoms with Crippen LogP contribution in [0.2, 0.25) is 0 Å². The van der Waals surface area contributed by atoms with Gasteiger partial charge in [0.25, 0.3) is 0 Å². The van der Waals surface area contributed by atoms with Crippen LogP contribution in [-0.2, 0) is 0 Å². The third-order valence-corrected chi connectivity index (χ3v) is 2.60. The Labute approximate surface area is 93.9 Å². The van der Waals surface area contributed by atoms with Crippen LogP contribution in [-0.4, -0.2) is 32.2 Å². The molecule has 2 rings (SSSR count). The van der Waals surface area contributed by atoms with Crippen LogP contribution in [0, 0.1) is 5.92 Å². The van der Waals surface area contributed by atoms with E-state index in [4.69, 9.17) is 5.73 Å². The van der Waals surface area contributed by atoms with Gasteiger partial charge >= 0.3 is 0 Å². The molecule has 0 radical (unpaired) electrons. The van der Waals surface area contributed by atoms with Crippen LogP contribution in [0.25, 0.3) is 5.65 Å². The van der Waals surface area contributed by atoms with E-state index < -0.39 is 0 Å². The highest BCUT2D eigenvalue weighted by Crippen LogP contribution is 2.13. The van der Waals surface area contributed by atoms with Crippen molar-refractivity contribution in [2.75, 3.05) is 11.9 Å². The Kier molecular flexibility index (Phi) is 3.00. The number of anilines is 1. The van der Waals surface area contributed by atoms with Gasteiger partial charge in [0, 0.05) is 25.0 Å². The minimum absolute atomic E-state index is 0.190. The Hall–Kier alpha value is -1.69. The minimum atomic E-state index is 0.190. The fraction of sp³-hybridized carbons (Fsp3) is 0.500. The van der Waals surface area contributed by atoms with Gasteiger partial charge in [-0.15, -0.1) is 10.2 Å². The Morgan fingerprint density at radius 2 is 2.31 bits per heavy atom. The maximum absolute atomic E-state index is 5.71. The summed E-state index contributed by atoms with van der Waals surface area (Å²) in [6.45, 7) is 4.80. The van der Waals surface area contributed by atoms with Crippen molar-refractivity contribution in [1.82, 2.24) is 19.6 Å². The first-order chi connectivity index (χ1) is 7.72. The van der Waals surface area contributed by atoms with E-state index in [2.05, 4.69) is 34.3 Å². The fourth-order valence-corrected chi connectivity index (χ4v) is 1.53. The molecular weight excluding hydrogens is 204 g/mol. The van der Waals surface area contributed by atoms with Crippen molar-refractivity contribution in [3.8, 4) is 0 Å². The van der Waals surface area contributed by atoms with Gasteiger partial charge in [0.15, 0.2) is 5.82 Å². The molecule has 0 bridgehead atoms. The molecule has 1 unspecified atom stereocenters. The second kappa shape index (κ2) is 4.44. The van der Waals surface area contributed by atoms with Crippen LogP contribution in [0.15, 0.2) is 18.7 Å². The van der Waals surface area contributed by atoms with E-state index in [-0.39, 0.29) is 6.04 Å². The lowest BCUT2D eigenvalue weighted by Gasteiger charge is -2.20. The summed E-state index contributed by atoms with van der Waals surface area (Å²) in [5, 5.41) is 11.2. The molecule has 6 nitrogen and oxygen atoms in total. The summed E-state index contributed by atoms with van der Waals surface area (Å²) in [7, 11) is 0. The summed E-state index contributed by atoms with van der Waals surface area (Å²) in [6, 6.07) is 0.190. The molecule has 0 saturated heterocycles. The number of nitrogens with zero attached hydrogens (tertiary/aromatic N) is 4. The van der Waals surface area contributed by atoms with Crippen molar-refractivity contribution in [3.05, 3.63) is 18.7 Å². The van der Waals surface area contributed by atoms with E-state index in [1.165, 1.54) is 0 Å². The quantitative estimate of drug-likeness (QED) is 0.785. The standard InChI is InChI=1S/C10H16N6/c1-7(2)8(5-11)14-9-10-15-13-6-16(10)4-3-12-9/h3-4,6-8H,5,11H2,1-2H3,(H,12,14). The van der Waals surface area contributed by atoms with E-state index in [1.54, 1.807) is 12.5 Å². The van der Waals surface area contributed by atoms with Gasteiger partial charge < -0.3 is 11.1 Å². The van der Waals surface area contributed by atoms with Crippen molar-refractivity contribution >= 4 is 11.5 Å². The SMILES string of the molecule is CC(C)C(CN)Nc1nccn2cnnc12. The van der Waals surface area contributed by atoms with E-state index >= 15 is 0 Å².